The van der Waals surface area contributed by atoms with E-state index in [1.807, 2.05) is 6.92 Å². The number of nitrogens with zero attached hydrogens (tertiary/aromatic N) is 1. The summed E-state index contributed by atoms with van der Waals surface area (Å²) >= 11 is 0. The third-order valence-electron chi connectivity index (χ3n) is 2.99. The van der Waals surface area contributed by atoms with Crippen molar-refractivity contribution in [3.05, 3.63) is 0 Å². The largest absolute Gasteiger partial charge is 0.353 e. The molecule has 0 saturated carbocycles. The summed E-state index contributed by atoms with van der Waals surface area (Å²) in [5, 5.41) is 3.05. The number of rotatable bonds is 7. The molecular weight excluding hydrogens is 188 g/mol. The first-order valence-electron chi connectivity index (χ1n) is 5.97. The van der Waals surface area contributed by atoms with Crippen LogP contribution in [0.4, 0.5) is 0 Å². The molecule has 3 nitrogen and oxygen atoms in total. The van der Waals surface area contributed by atoms with Crippen molar-refractivity contribution in [2.45, 2.75) is 58.5 Å². The summed E-state index contributed by atoms with van der Waals surface area (Å²) in [4.78, 5) is 13.5. The van der Waals surface area contributed by atoms with Gasteiger partial charge in [0.2, 0.25) is 5.91 Å². The highest BCUT2D eigenvalue weighted by Crippen LogP contribution is 2.08. The van der Waals surface area contributed by atoms with Gasteiger partial charge >= 0.3 is 0 Å². The zero-order valence-corrected chi connectivity index (χ0v) is 10.8. The Bertz CT molecular complexity index is 180. The molecule has 0 heterocycles. The molecule has 0 aliphatic rings. The minimum absolute atomic E-state index is 0.166. The summed E-state index contributed by atoms with van der Waals surface area (Å²) in [6.45, 7) is 6.24. The van der Waals surface area contributed by atoms with E-state index in [0.717, 1.165) is 19.3 Å². The summed E-state index contributed by atoms with van der Waals surface area (Å²) in [6.07, 6.45) is 3.81. The van der Waals surface area contributed by atoms with Crippen LogP contribution in [0.5, 0.6) is 0 Å². The Morgan fingerprint density at radius 2 is 1.87 bits per heavy atom. The quantitative estimate of drug-likeness (QED) is 0.703. The highest BCUT2D eigenvalue weighted by atomic mass is 16.1. The second kappa shape index (κ2) is 7.69. The van der Waals surface area contributed by atoms with Gasteiger partial charge < -0.3 is 10.2 Å². The number of hydrogen-bond acceptors (Lipinski definition) is 2. The molecule has 90 valence electrons. The number of amides is 1. The van der Waals surface area contributed by atoms with Gasteiger partial charge in [-0.3, -0.25) is 4.79 Å². The van der Waals surface area contributed by atoms with Crippen LogP contribution in [0.15, 0.2) is 0 Å². The smallest absolute Gasteiger partial charge is 0.219 e. The van der Waals surface area contributed by atoms with Crippen LogP contribution in [0.3, 0.4) is 0 Å². The van der Waals surface area contributed by atoms with E-state index in [1.165, 1.54) is 0 Å². The van der Waals surface area contributed by atoms with E-state index in [2.05, 4.69) is 38.2 Å². The maximum absolute atomic E-state index is 11.2. The molecule has 2 atom stereocenters. The van der Waals surface area contributed by atoms with Crippen molar-refractivity contribution in [2.24, 2.45) is 0 Å². The van der Waals surface area contributed by atoms with E-state index in [1.54, 1.807) is 0 Å². The van der Waals surface area contributed by atoms with Gasteiger partial charge in [0.05, 0.1) is 0 Å². The van der Waals surface area contributed by atoms with Gasteiger partial charge in [-0.15, -0.1) is 0 Å². The molecule has 0 radical (unpaired) electrons. The van der Waals surface area contributed by atoms with Gasteiger partial charge in [-0.05, 0) is 40.3 Å². The molecule has 0 saturated heterocycles. The van der Waals surface area contributed by atoms with Crippen molar-refractivity contribution in [1.82, 2.24) is 10.2 Å². The van der Waals surface area contributed by atoms with E-state index < -0.39 is 0 Å². The molecule has 15 heavy (non-hydrogen) atoms. The van der Waals surface area contributed by atoms with Crippen LogP contribution in [-0.4, -0.2) is 37.0 Å². The fourth-order valence-corrected chi connectivity index (χ4v) is 1.41. The lowest BCUT2D eigenvalue weighted by molar-refractivity contribution is -0.121. The van der Waals surface area contributed by atoms with Crippen LogP contribution in [-0.2, 0) is 4.79 Å². The lowest BCUT2D eigenvalue weighted by atomic mass is 10.0. The summed E-state index contributed by atoms with van der Waals surface area (Å²) in [6, 6.07) is 0.928. The van der Waals surface area contributed by atoms with Crippen molar-refractivity contribution in [1.29, 1.82) is 0 Å². The normalized spacial score (nSPS) is 15.1. The Kier molecular flexibility index (Phi) is 7.39. The average molecular weight is 214 g/mol. The first kappa shape index (κ1) is 14.4. The molecule has 0 spiro atoms. The van der Waals surface area contributed by atoms with Crippen molar-refractivity contribution in [2.75, 3.05) is 14.1 Å². The molecule has 3 heteroatoms. The molecular formula is C12H26N2O. The van der Waals surface area contributed by atoms with E-state index in [0.29, 0.717) is 18.5 Å². The summed E-state index contributed by atoms with van der Waals surface area (Å²) in [7, 11) is 4.19. The van der Waals surface area contributed by atoms with Crippen molar-refractivity contribution >= 4 is 5.91 Å². The van der Waals surface area contributed by atoms with E-state index in [9.17, 15) is 4.79 Å². The number of carbonyl (C=O) groups is 1. The Hall–Kier alpha value is -0.570. The van der Waals surface area contributed by atoms with Crippen LogP contribution in [0, 0.1) is 0 Å². The van der Waals surface area contributed by atoms with Gasteiger partial charge in [0.1, 0.15) is 0 Å². The fourth-order valence-electron chi connectivity index (χ4n) is 1.41. The molecule has 0 bridgehead atoms. The van der Waals surface area contributed by atoms with Gasteiger partial charge in [-0.1, -0.05) is 13.8 Å². The van der Waals surface area contributed by atoms with Crippen LogP contribution < -0.4 is 5.32 Å². The minimum atomic E-state index is 0.166. The van der Waals surface area contributed by atoms with E-state index >= 15 is 0 Å². The maximum Gasteiger partial charge on any atom is 0.219 e. The Labute approximate surface area is 94.2 Å². The molecule has 0 aliphatic carbocycles. The lowest BCUT2D eigenvalue weighted by Crippen LogP contribution is -2.35. The van der Waals surface area contributed by atoms with Gasteiger partial charge in [-0.25, -0.2) is 0 Å². The first-order chi connectivity index (χ1) is 7.01. The molecule has 0 aromatic heterocycles. The zero-order valence-electron chi connectivity index (χ0n) is 10.8. The average Bonchev–Trinajstić information content (AvgIpc) is 2.22. The first-order valence-corrected chi connectivity index (χ1v) is 5.97. The second-order valence-corrected chi connectivity index (χ2v) is 4.42. The Morgan fingerprint density at radius 1 is 1.27 bits per heavy atom. The highest BCUT2D eigenvalue weighted by Gasteiger charge is 2.11. The van der Waals surface area contributed by atoms with E-state index in [-0.39, 0.29) is 5.91 Å². The summed E-state index contributed by atoms with van der Waals surface area (Å²) < 4.78 is 0. The molecule has 0 rings (SSSR count). The minimum Gasteiger partial charge on any atom is -0.353 e. The number of nitrogens with one attached hydrogen (secondary N) is 1. The van der Waals surface area contributed by atoms with Gasteiger partial charge in [0.25, 0.3) is 0 Å². The van der Waals surface area contributed by atoms with Crippen LogP contribution in [0.1, 0.15) is 46.5 Å². The molecule has 0 fully saturated rings. The molecule has 1 N–H and O–H groups in total. The number of hydrogen-bond donors (Lipinski definition) is 1. The predicted molar refractivity (Wildman–Crippen MR) is 64.9 cm³/mol. The molecule has 0 aromatic rings. The highest BCUT2D eigenvalue weighted by molar-refractivity contribution is 5.75. The summed E-state index contributed by atoms with van der Waals surface area (Å²) in [5.74, 6) is 0.166. The van der Waals surface area contributed by atoms with Crippen LogP contribution in [0.2, 0.25) is 0 Å². The van der Waals surface area contributed by atoms with Crippen molar-refractivity contribution in [3.8, 4) is 0 Å². The third-order valence-corrected chi connectivity index (χ3v) is 2.99. The van der Waals surface area contributed by atoms with Crippen molar-refractivity contribution < 1.29 is 4.79 Å². The van der Waals surface area contributed by atoms with E-state index in [4.69, 9.17) is 0 Å². The van der Waals surface area contributed by atoms with Crippen LogP contribution in [0.25, 0.3) is 0 Å². The number of carbonyl (C=O) groups excluding carboxylic acids is 1. The predicted octanol–water partition coefficient (Wildman–Crippen LogP) is 2.02. The fraction of sp³-hybridized carbons (Fsp3) is 0.917. The topological polar surface area (TPSA) is 32.3 Å². The standard InChI is InChI=1S/C12H26N2O/c1-6-11(13-12(15)7-2)9-8-10(3)14(4)5/h10-11H,6-9H2,1-5H3,(H,13,15). The van der Waals surface area contributed by atoms with Crippen molar-refractivity contribution in [3.63, 3.8) is 0 Å². The van der Waals surface area contributed by atoms with Gasteiger partial charge in [0, 0.05) is 18.5 Å². The molecule has 2 unspecified atom stereocenters. The SMILES string of the molecule is CCC(=O)NC(CC)CCC(C)N(C)C. The Morgan fingerprint density at radius 3 is 2.27 bits per heavy atom. The summed E-state index contributed by atoms with van der Waals surface area (Å²) in [5.41, 5.74) is 0. The third kappa shape index (κ3) is 6.50. The van der Waals surface area contributed by atoms with Crippen LogP contribution >= 0.6 is 0 Å². The Balaban J connectivity index is 3.84. The molecule has 0 aromatic carbocycles. The maximum atomic E-state index is 11.2. The zero-order chi connectivity index (χ0) is 11.8. The lowest BCUT2D eigenvalue weighted by Gasteiger charge is -2.23. The van der Waals surface area contributed by atoms with Gasteiger partial charge in [-0.2, -0.15) is 0 Å². The van der Waals surface area contributed by atoms with Gasteiger partial charge in [0.15, 0.2) is 0 Å². The monoisotopic (exact) mass is 214 g/mol. The molecule has 0 aliphatic heterocycles. The second-order valence-electron chi connectivity index (χ2n) is 4.42. The molecule has 1 amide bonds.